The van der Waals surface area contributed by atoms with E-state index >= 15 is 0 Å². The molecule has 0 radical (unpaired) electrons. The molecule has 0 atom stereocenters. The highest BCUT2D eigenvalue weighted by Crippen LogP contribution is 2.28. The van der Waals surface area contributed by atoms with Crippen molar-refractivity contribution < 1.29 is 4.79 Å². The summed E-state index contributed by atoms with van der Waals surface area (Å²) in [4.78, 5) is 16.7. The van der Waals surface area contributed by atoms with Crippen molar-refractivity contribution >= 4 is 23.3 Å². The van der Waals surface area contributed by atoms with Gasteiger partial charge in [-0.15, -0.1) is 0 Å². The van der Waals surface area contributed by atoms with E-state index in [1.165, 1.54) is 6.20 Å². The topological polar surface area (TPSA) is 59.8 Å². The molecular formula is C27H19ClN4O. The predicted molar refractivity (Wildman–Crippen MR) is 132 cm³/mol. The highest BCUT2D eigenvalue weighted by molar-refractivity contribution is 6.30. The third kappa shape index (κ3) is 4.54. The van der Waals surface area contributed by atoms with Crippen LogP contribution in [0.15, 0.2) is 109 Å². The van der Waals surface area contributed by atoms with Gasteiger partial charge in [0.2, 0.25) is 0 Å². The zero-order valence-corrected chi connectivity index (χ0v) is 18.3. The van der Waals surface area contributed by atoms with E-state index in [9.17, 15) is 4.79 Å². The van der Waals surface area contributed by atoms with E-state index in [2.05, 4.69) is 28.5 Å². The first kappa shape index (κ1) is 20.7. The summed E-state index contributed by atoms with van der Waals surface area (Å²) in [6, 6.07) is 32.9. The van der Waals surface area contributed by atoms with E-state index in [0.717, 1.165) is 28.2 Å². The maximum Gasteiger partial charge on any atom is 0.256 e. The van der Waals surface area contributed by atoms with Gasteiger partial charge in [-0.05, 0) is 42.5 Å². The monoisotopic (exact) mass is 450 g/mol. The minimum atomic E-state index is -0.245. The number of carbonyl (C=O) groups excluding carboxylic acids is 1. The van der Waals surface area contributed by atoms with Gasteiger partial charge in [0.1, 0.15) is 5.82 Å². The van der Waals surface area contributed by atoms with Gasteiger partial charge in [0.05, 0.1) is 22.1 Å². The van der Waals surface area contributed by atoms with Crippen molar-refractivity contribution in [1.82, 2.24) is 14.8 Å². The van der Waals surface area contributed by atoms with Gasteiger partial charge in [-0.25, -0.2) is 9.67 Å². The third-order valence-electron chi connectivity index (χ3n) is 5.19. The Kier molecular flexibility index (Phi) is 5.70. The van der Waals surface area contributed by atoms with Gasteiger partial charge < -0.3 is 5.32 Å². The van der Waals surface area contributed by atoms with E-state index in [-0.39, 0.29) is 5.91 Å². The highest BCUT2D eigenvalue weighted by Gasteiger charge is 2.14. The largest absolute Gasteiger partial charge is 0.307 e. The van der Waals surface area contributed by atoms with Gasteiger partial charge in [0, 0.05) is 22.9 Å². The van der Waals surface area contributed by atoms with Crippen molar-refractivity contribution in [2.45, 2.75) is 0 Å². The first-order valence-electron chi connectivity index (χ1n) is 10.4. The molecule has 0 aliphatic rings. The summed E-state index contributed by atoms with van der Waals surface area (Å²) in [6.07, 6.45) is 1.49. The summed E-state index contributed by atoms with van der Waals surface area (Å²) in [5.41, 5.74) is 5.33. The standard InChI is InChI=1S/C27H19ClN4O/c28-22-13-16-26(29-18-22)30-27(33)21-11-14-23(15-12-21)32-25(20-9-5-2-6-10-20)17-24(31-32)19-7-3-1-4-8-19/h1-18H,(H,29,30,33). The number of amides is 1. The molecule has 3 aromatic carbocycles. The number of rotatable bonds is 5. The molecule has 6 heteroatoms. The average Bonchev–Trinajstić information content (AvgIpc) is 3.32. The Hall–Kier alpha value is -4.22. The second-order valence-corrected chi connectivity index (χ2v) is 7.86. The molecular weight excluding hydrogens is 432 g/mol. The number of anilines is 1. The van der Waals surface area contributed by atoms with Gasteiger partial charge in [-0.1, -0.05) is 72.3 Å². The number of nitrogens with one attached hydrogen (secondary N) is 1. The van der Waals surface area contributed by atoms with Crippen molar-refractivity contribution in [2.75, 3.05) is 5.32 Å². The molecule has 1 N–H and O–H groups in total. The second-order valence-electron chi connectivity index (χ2n) is 7.42. The summed E-state index contributed by atoms with van der Waals surface area (Å²) in [6.45, 7) is 0. The molecule has 2 heterocycles. The Bertz CT molecular complexity index is 1380. The second kappa shape index (κ2) is 9.10. The van der Waals surface area contributed by atoms with Crippen molar-refractivity contribution in [3.63, 3.8) is 0 Å². The van der Waals surface area contributed by atoms with E-state index in [0.29, 0.717) is 16.4 Å². The number of benzene rings is 3. The molecule has 5 nitrogen and oxygen atoms in total. The summed E-state index contributed by atoms with van der Waals surface area (Å²) < 4.78 is 1.90. The lowest BCUT2D eigenvalue weighted by Gasteiger charge is -2.09. The normalized spacial score (nSPS) is 10.7. The molecule has 5 aromatic rings. The number of hydrogen-bond donors (Lipinski definition) is 1. The predicted octanol–water partition coefficient (Wildman–Crippen LogP) is 6.51. The van der Waals surface area contributed by atoms with Crippen LogP contribution in [0.3, 0.4) is 0 Å². The van der Waals surface area contributed by atoms with Crippen molar-refractivity contribution in [1.29, 1.82) is 0 Å². The van der Waals surface area contributed by atoms with Crippen LogP contribution in [0.5, 0.6) is 0 Å². The molecule has 160 valence electrons. The molecule has 0 spiro atoms. The Morgan fingerprint density at radius 2 is 1.45 bits per heavy atom. The fourth-order valence-electron chi connectivity index (χ4n) is 3.53. The number of carbonyl (C=O) groups is 1. The number of hydrogen-bond acceptors (Lipinski definition) is 3. The van der Waals surface area contributed by atoms with Gasteiger partial charge in [0.15, 0.2) is 0 Å². The smallest absolute Gasteiger partial charge is 0.256 e. The van der Waals surface area contributed by atoms with Gasteiger partial charge >= 0.3 is 0 Å². The van der Waals surface area contributed by atoms with Crippen LogP contribution in [0.1, 0.15) is 10.4 Å². The van der Waals surface area contributed by atoms with Gasteiger partial charge in [-0.2, -0.15) is 5.10 Å². The summed E-state index contributed by atoms with van der Waals surface area (Å²) >= 11 is 5.86. The summed E-state index contributed by atoms with van der Waals surface area (Å²) in [5, 5.41) is 8.16. The molecule has 0 unspecified atom stereocenters. The minimum Gasteiger partial charge on any atom is -0.307 e. The maximum absolute atomic E-state index is 12.6. The van der Waals surface area contributed by atoms with Crippen LogP contribution in [0, 0.1) is 0 Å². The molecule has 0 aliphatic heterocycles. The molecule has 0 aliphatic carbocycles. The quantitative estimate of drug-likeness (QED) is 0.332. The van der Waals surface area contributed by atoms with Crippen LogP contribution in [0.2, 0.25) is 5.02 Å². The third-order valence-corrected chi connectivity index (χ3v) is 5.42. The van der Waals surface area contributed by atoms with E-state index in [1.54, 1.807) is 24.3 Å². The van der Waals surface area contributed by atoms with Crippen LogP contribution < -0.4 is 5.32 Å². The van der Waals surface area contributed by atoms with E-state index in [1.807, 2.05) is 65.3 Å². The number of halogens is 1. The fourth-order valence-corrected chi connectivity index (χ4v) is 3.65. The van der Waals surface area contributed by atoms with E-state index < -0.39 is 0 Å². The molecule has 0 saturated heterocycles. The molecule has 0 saturated carbocycles. The Balaban J connectivity index is 1.47. The lowest BCUT2D eigenvalue weighted by molar-refractivity contribution is 0.102. The lowest BCUT2D eigenvalue weighted by atomic mass is 10.1. The van der Waals surface area contributed by atoms with Crippen LogP contribution in [0.25, 0.3) is 28.2 Å². The summed E-state index contributed by atoms with van der Waals surface area (Å²) in [7, 11) is 0. The van der Waals surface area contributed by atoms with Crippen LogP contribution in [-0.2, 0) is 0 Å². The Morgan fingerprint density at radius 3 is 2.09 bits per heavy atom. The number of nitrogens with zero attached hydrogens (tertiary/aromatic N) is 3. The van der Waals surface area contributed by atoms with Crippen molar-refractivity contribution in [2.24, 2.45) is 0 Å². The average molecular weight is 451 g/mol. The minimum absolute atomic E-state index is 0.245. The zero-order chi connectivity index (χ0) is 22.6. The molecule has 0 bridgehead atoms. The molecule has 0 fully saturated rings. The van der Waals surface area contributed by atoms with Crippen LogP contribution in [-0.4, -0.2) is 20.7 Å². The van der Waals surface area contributed by atoms with Crippen molar-refractivity contribution in [3.05, 3.63) is 120 Å². The highest BCUT2D eigenvalue weighted by atomic mass is 35.5. The molecule has 33 heavy (non-hydrogen) atoms. The number of aromatic nitrogens is 3. The van der Waals surface area contributed by atoms with Gasteiger partial charge in [-0.3, -0.25) is 4.79 Å². The van der Waals surface area contributed by atoms with Crippen LogP contribution in [0.4, 0.5) is 5.82 Å². The SMILES string of the molecule is O=C(Nc1ccc(Cl)cn1)c1ccc(-n2nc(-c3ccccc3)cc2-c2ccccc2)cc1. The first-order valence-corrected chi connectivity index (χ1v) is 10.8. The van der Waals surface area contributed by atoms with Crippen molar-refractivity contribution in [3.8, 4) is 28.2 Å². The first-order chi connectivity index (χ1) is 16.2. The fraction of sp³-hybridized carbons (Fsp3) is 0. The summed E-state index contributed by atoms with van der Waals surface area (Å²) in [5.74, 6) is 0.199. The Morgan fingerprint density at radius 1 is 0.788 bits per heavy atom. The van der Waals surface area contributed by atoms with Gasteiger partial charge in [0.25, 0.3) is 5.91 Å². The zero-order valence-electron chi connectivity index (χ0n) is 17.5. The Labute approximate surface area is 196 Å². The molecule has 1 amide bonds. The van der Waals surface area contributed by atoms with E-state index in [4.69, 9.17) is 16.7 Å². The maximum atomic E-state index is 12.6. The molecule has 2 aromatic heterocycles. The lowest BCUT2D eigenvalue weighted by Crippen LogP contribution is -2.13. The van der Waals surface area contributed by atoms with Crippen LogP contribution >= 0.6 is 11.6 Å². The number of pyridine rings is 1. The molecule has 5 rings (SSSR count).